The number of benzene rings is 3. The van der Waals surface area contributed by atoms with Crippen molar-refractivity contribution in [2.45, 2.75) is 32.3 Å². The van der Waals surface area contributed by atoms with Crippen LogP contribution in [0.5, 0.6) is 5.75 Å². The van der Waals surface area contributed by atoms with Gasteiger partial charge in [-0.1, -0.05) is 70.5 Å². The second-order valence-electron chi connectivity index (χ2n) is 8.05. The maximum atomic E-state index is 12.8. The highest BCUT2D eigenvalue weighted by atomic mass is 79.9. The van der Waals surface area contributed by atoms with Gasteiger partial charge in [0.05, 0.1) is 5.56 Å². The zero-order chi connectivity index (χ0) is 20.4. The summed E-state index contributed by atoms with van der Waals surface area (Å²) >= 11 is 3.52. The summed E-state index contributed by atoms with van der Waals surface area (Å²) in [4.78, 5) is 12.8. The lowest BCUT2D eigenvalue weighted by Gasteiger charge is -2.18. The molecular formula is C25H24BrNO2. The first-order valence-electron chi connectivity index (χ1n) is 9.85. The molecule has 0 atom stereocenters. The van der Waals surface area contributed by atoms with Crippen LogP contribution in [0.25, 0.3) is 11.1 Å². The lowest BCUT2D eigenvalue weighted by Crippen LogP contribution is -2.28. The topological polar surface area (TPSA) is 38.3 Å². The van der Waals surface area contributed by atoms with E-state index in [1.165, 1.54) is 16.7 Å². The summed E-state index contributed by atoms with van der Waals surface area (Å²) in [6, 6.07) is 22.7. The molecule has 4 heteroatoms. The van der Waals surface area contributed by atoms with Crippen LogP contribution in [0.2, 0.25) is 0 Å². The third-order valence-corrected chi connectivity index (χ3v) is 5.59. The maximum absolute atomic E-state index is 12.8. The van der Waals surface area contributed by atoms with E-state index >= 15 is 0 Å². The number of fused-ring (bicyclic) bond motifs is 1. The average Bonchev–Trinajstić information content (AvgIpc) is 3.02. The SMILES string of the molecule is CC1(C)Cc2cc(Br)cc(C(=O)NCCc3ccc(-c4ccccc4)cc3)c2O1. The van der Waals surface area contributed by atoms with E-state index in [2.05, 4.69) is 57.6 Å². The molecule has 29 heavy (non-hydrogen) atoms. The molecule has 1 heterocycles. The van der Waals surface area contributed by atoms with Crippen LogP contribution < -0.4 is 10.1 Å². The molecule has 4 rings (SSSR count). The van der Waals surface area contributed by atoms with Gasteiger partial charge in [-0.3, -0.25) is 4.79 Å². The Bertz CT molecular complexity index is 1030. The molecule has 3 nitrogen and oxygen atoms in total. The predicted molar refractivity (Wildman–Crippen MR) is 120 cm³/mol. The Morgan fingerprint density at radius 3 is 2.45 bits per heavy atom. The lowest BCUT2D eigenvalue weighted by molar-refractivity contribution is 0.0940. The highest BCUT2D eigenvalue weighted by Crippen LogP contribution is 2.39. The molecule has 1 aliphatic rings. The zero-order valence-corrected chi connectivity index (χ0v) is 18.3. The van der Waals surface area contributed by atoms with Gasteiger partial charge in [-0.15, -0.1) is 0 Å². The van der Waals surface area contributed by atoms with Crippen LogP contribution >= 0.6 is 15.9 Å². The van der Waals surface area contributed by atoms with Crippen LogP contribution in [-0.4, -0.2) is 18.1 Å². The molecule has 0 saturated carbocycles. The summed E-state index contributed by atoms with van der Waals surface area (Å²) < 4.78 is 6.94. The Morgan fingerprint density at radius 2 is 1.72 bits per heavy atom. The Kier molecular flexibility index (Phi) is 5.46. The molecule has 148 valence electrons. The van der Waals surface area contributed by atoms with Gasteiger partial charge in [0.15, 0.2) is 0 Å². The van der Waals surface area contributed by atoms with Gasteiger partial charge in [-0.05, 0) is 49.1 Å². The summed E-state index contributed by atoms with van der Waals surface area (Å²) in [6.45, 7) is 4.66. The fourth-order valence-corrected chi connectivity index (χ4v) is 4.26. The Balaban J connectivity index is 1.39. The largest absolute Gasteiger partial charge is 0.486 e. The highest BCUT2D eigenvalue weighted by Gasteiger charge is 2.33. The number of hydrogen-bond acceptors (Lipinski definition) is 2. The Labute approximate surface area is 180 Å². The molecule has 0 fully saturated rings. The number of carbonyl (C=O) groups is 1. The monoisotopic (exact) mass is 449 g/mol. The van der Waals surface area contributed by atoms with Crippen molar-refractivity contribution in [1.82, 2.24) is 5.32 Å². The Hall–Kier alpha value is -2.59. The van der Waals surface area contributed by atoms with Gasteiger partial charge in [0.1, 0.15) is 11.4 Å². The molecule has 0 aromatic heterocycles. The fourth-order valence-electron chi connectivity index (χ4n) is 3.75. The number of carbonyl (C=O) groups excluding carboxylic acids is 1. The average molecular weight is 450 g/mol. The number of nitrogens with one attached hydrogen (secondary N) is 1. The van der Waals surface area contributed by atoms with Crippen molar-refractivity contribution in [2.24, 2.45) is 0 Å². The van der Waals surface area contributed by atoms with Crippen LogP contribution in [0.1, 0.15) is 35.3 Å². The minimum absolute atomic E-state index is 0.0962. The Morgan fingerprint density at radius 1 is 1.03 bits per heavy atom. The first kappa shape index (κ1) is 19.7. The minimum Gasteiger partial charge on any atom is -0.486 e. The fraction of sp³-hybridized carbons (Fsp3) is 0.240. The van der Waals surface area contributed by atoms with Crippen molar-refractivity contribution in [3.05, 3.63) is 87.9 Å². The van der Waals surface area contributed by atoms with Gasteiger partial charge < -0.3 is 10.1 Å². The number of rotatable bonds is 5. The van der Waals surface area contributed by atoms with E-state index < -0.39 is 0 Å². The normalized spacial score (nSPS) is 14.2. The van der Waals surface area contributed by atoms with Crippen molar-refractivity contribution in [3.8, 4) is 16.9 Å². The van der Waals surface area contributed by atoms with E-state index in [-0.39, 0.29) is 11.5 Å². The molecule has 1 N–H and O–H groups in total. The van der Waals surface area contributed by atoms with Crippen LogP contribution in [-0.2, 0) is 12.8 Å². The van der Waals surface area contributed by atoms with Crippen LogP contribution in [0.3, 0.4) is 0 Å². The molecule has 3 aromatic carbocycles. The van der Waals surface area contributed by atoms with Crippen molar-refractivity contribution in [2.75, 3.05) is 6.54 Å². The smallest absolute Gasteiger partial charge is 0.255 e. The van der Waals surface area contributed by atoms with E-state index in [4.69, 9.17) is 4.74 Å². The van der Waals surface area contributed by atoms with Gasteiger partial charge >= 0.3 is 0 Å². The first-order valence-corrected chi connectivity index (χ1v) is 10.6. The van der Waals surface area contributed by atoms with E-state index in [1.807, 2.05) is 44.2 Å². The summed E-state index contributed by atoms with van der Waals surface area (Å²) in [6.07, 6.45) is 1.58. The van der Waals surface area contributed by atoms with Crippen molar-refractivity contribution < 1.29 is 9.53 Å². The van der Waals surface area contributed by atoms with Gasteiger partial charge in [0.25, 0.3) is 5.91 Å². The predicted octanol–water partition coefficient (Wildman–Crippen LogP) is 5.80. The molecule has 0 bridgehead atoms. The van der Waals surface area contributed by atoms with Gasteiger partial charge in [-0.2, -0.15) is 0 Å². The van der Waals surface area contributed by atoms with E-state index in [0.29, 0.717) is 17.9 Å². The minimum atomic E-state index is -0.279. The molecule has 0 radical (unpaired) electrons. The zero-order valence-electron chi connectivity index (χ0n) is 16.7. The summed E-state index contributed by atoms with van der Waals surface area (Å²) in [5.41, 5.74) is 4.99. The van der Waals surface area contributed by atoms with E-state index in [9.17, 15) is 4.79 Å². The number of halogens is 1. The molecule has 3 aromatic rings. The summed E-state index contributed by atoms with van der Waals surface area (Å²) in [5.74, 6) is 0.615. The molecular weight excluding hydrogens is 426 g/mol. The molecule has 0 aliphatic carbocycles. The second-order valence-corrected chi connectivity index (χ2v) is 8.96. The highest BCUT2D eigenvalue weighted by molar-refractivity contribution is 9.10. The van der Waals surface area contributed by atoms with Crippen LogP contribution in [0, 0.1) is 0 Å². The van der Waals surface area contributed by atoms with Crippen molar-refractivity contribution in [1.29, 1.82) is 0 Å². The van der Waals surface area contributed by atoms with Gasteiger partial charge in [0.2, 0.25) is 0 Å². The third-order valence-electron chi connectivity index (χ3n) is 5.13. The molecule has 0 unspecified atom stereocenters. The van der Waals surface area contributed by atoms with Crippen molar-refractivity contribution >= 4 is 21.8 Å². The molecule has 0 saturated heterocycles. The van der Waals surface area contributed by atoms with Crippen molar-refractivity contribution in [3.63, 3.8) is 0 Å². The number of hydrogen-bond donors (Lipinski definition) is 1. The summed E-state index contributed by atoms with van der Waals surface area (Å²) in [7, 11) is 0. The van der Waals surface area contributed by atoms with Gasteiger partial charge in [-0.25, -0.2) is 0 Å². The molecule has 0 spiro atoms. The second kappa shape index (κ2) is 8.03. The molecule has 1 aliphatic heterocycles. The number of ether oxygens (including phenoxy) is 1. The third kappa shape index (κ3) is 4.54. The van der Waals surface area contributed by atoms with Crippen LogP contribution in [0.15, 0.2) is 71.2 Å². The molecule has 1 amide bonds. The maximum Gasteiger partial charge on any atom is 0.255 e. The van der Waals surface area contributed by atoms with Crippen LogP contribution in [0.4, 0.5) is 0 Å². The van der Waals surface area contributed by atoms with E-state index in [1.54, 1.807) is 0 Å². The van der Waals surface area contributed by atoms with Gasteiger partial charge in [0, 0.05) is 23.0 Å². The number of amides is 1. The quantitative estimate of drug-likeness (QED) is 0.534. The van der Waals surface area contributed by atoms with E-state index in [0.717, 1.165) is 22.9 Å². The standard InChI is InChI=1S/C25H24BrNO2/c1-25(2)16-20-14-21(26)15-22(23(20)29-25)24(28)27-13-12-17-8-10-19(11-9-17)18-6-4-3-5-7-18/h3-11,14-15H,12-13,16H2,1-2H3,(H,27,28). The lowest BCUT2D eigenvalue weighted by atomic mass is 10.0. The summed E-state index contributed by atoms with van der Waals surface area (Å²) in [5, 5.41) is 3.04. The first-order chi connectivity index (χ1) is 13.9.